The molecule has 18 aliphatic carbocycles. The first-order valence-electron chi connectivity index (χ1n) is 53.5. The summed E-state index contributed by atoms with van der Waals surface area (Å²) in [6, 6.07) is 10.2. The van der Waals surface area contributed by atoms with Crippen LogP contribution in [-0.2, 0) is 0 Å². The van der Waals surface area contributed by atoms with Crippen molar-refractivity contribution in [3.05, 3.63) is 0 Å². The van der Waals surface area contributed by atoms with Gasteiger partial charge in [-0.05, 0) is 337 Å². The fraction of sp³-hybridized carbons (Fsp3) is 1.00. The average Bonchev–Trinajstić information content (AvgIpc) is 1.14. The van der Waals surface area contributed by atoms with Crippen molar-refractivity contribution in [2.24, 2.45) is 153 Å². The minimum atomic E-state index is 0.391. The number of rotatable bonds is 9. The van der Waals surface area contributed by atoms with Gasteiger partial charge < -0.3 is 0 Å². The predicted octanol–water partition coefficient (Wildman–Crippen LogP) is 27.4. The molecule has 0 aromatic rings. The van der Waals surface area contributed by atoms with Gasteiger partial charge in [-0.3, -0.25) is 19.6 Å². The highest BCUT2D eigenvalue weighted by Crippen LogP contribution is 2.71. The first-order chi connectivity index (χ1) is 54.4. The van der Waals surface area contributed by atoms with E-state index in [0.717, 1.165) is 239 Å². The van der Waals surface area contributed by atoms with Gasteiger partial charge in [-0.1, -0.05) is 253 Å². The third-order valence-electron chi connectivity index (χ3n) is 44.8. The van der Waals surface area contributed by atoms with E-state index in [2.05, 4.69) is 61.1 Å². The smallest absolute Gasteiger partial charge is 0.156 e. The summed E-state index contributed by atoms with van der Waals surface area (Å²) in [6.45, 7) is 17.7. The molecule has 32 atom stereocenters. The SMILES string of the molecule is CC(C)(C)C1CC(C2CCCCC2)C(N2C3CCCCC3B3C4CCC(N5C6CCCCC6C6CCCCC65)CC4N(C4C(C5CCCCC5)CC(C(C)(C)C)CC4C4CCCCC4)C4CC(N5C6CCCCC6C6CCCCC65)CC2C34)C(C2CCC(C3CC4CCCC5C6CCCC7CCCC(C(C3)C45)C76)CC2)C1. The van der Waals surface area contributed by atoms with Gasteiger partial charge in [0.15, 0.2) is 6.71 Å². The lowest BCUT2D eigenvalue weighted by atomic mass is 9.18. The molecule has 0 N–H and O–H groups in total. The van der Waals surface area contributed by atoms with E-state index in [0.29, 0.717) is 10.8 Å². The number of fused-ring (bicyclic) bond motifs is 12. The van der Waals surface area contributed by atoms with Gasteiger partial charge in [-0.25, -0.2) is 0 Å². The van der Waals surface area contributed by atoms with Crippen molar-refractivity contribution in [3.63, 3.8) is 0 Å². The molecule has 0 aromatic carbocycles. The minimum Gasteiger partial charge on any atom is -0.295 e. The molecule has 22 aliphatic rings. The quantitative estimate of drug-likeness (QED) is 0.213. The summed E-state index contributed by atoms with van der Waals surface area (Å²) in [7, 11) is 0. The van der Waals surface area contributed by atoms with Crippen LogP contribution in [0.15, 0.2) is 0 Å². The molecule has 0 bridgehead atoms. The van der Waals surface area contributed by atoms with Crippen molar-refractivity contribution in [1.29, 1.82) is 0 Å². The van der Waals surface area contributed by atoms with Crippen LogP contribution in [0.3, 0.4) is 0 Å². The van der Waals surface area contributed by atoms with E-state index < -0.39 is 0 Å². The molecule has 4 heterocycles. The van der Waals surface area contributed by atoms with Gasteiger partial charge in [-0.15, -0.1) is 0 Å². The van der Waals surface area contributed by atoms with E-state index >= 15 is 0 Å². The molecule has 0 spiro atoms. The maximum atomic E-state index is 4.04. The molecule has 111 heavy (non-hydrogen) atoms. The maximum absolute atomic E-state index is 4.04. The summed E-state index contributed by atoms with van der Waals surface area (Å²) in [5, 5.41) is 0. The highest BCUT2D eigenvalue weighted by Gasteiger charge is 2.71. The maximum Gasteiger partial charge on any atom is 0.156 e. The average molecular weight is 1520 g/mol. The van der Waals surface area contributed by atoms with Crippen molar-refractivity contribution in [2.75, 3.05) is 0 Å². The van der Waals surface area contributed by atoms with Crippen molar-refractivity contribution in [2.45, 2.75) is 510 Å². The molecule has 18 saturated carbocycles. The second kappa shape index (κ2) is 31.7. The predicted molar refractivity (Wildman–Crippen MR) is 465 cm³/mol. The molecular formula is C106H175BN4. The number of hydrogen-bond acceptors (Lipinski definition) is 4. The third kappa shape index (κ3) is 13.5. The molecule has 4 aliphatic heterocycles. The molecule has 22 rings (SSSR count). The highest BCUT2D eigenvalue weighted by molar-refractivity contribution is 6.65. The molecule has 0 amide bonds. The Kier molecular flexibility index (Phi) is 22.0. The first kappa shape index (κ1) is 77.0. The van der Waals surface area contributed by atoms with Crippen LogP contribution in [0.5, 0.6) is 0 Å². The van der Waals surface area contributed by atoms with Gasteiger partial charge in [0.05, 0.1) is 0 Å². The Morgan fingerprint density at radius 2 is 0.541 bits per heavy atom. The van der Waals surface area contributed by atoms with E-state index in [1.165, 1.54) is 44.9 Å². The van der Waals surface area contributed by atoms with Gasteiger partial charge in [0, 0.05) is 72.5 Å². The summed E-state index contributed by atoms with van der Waals surface area (Å²) in [5.41, 5.74) is 0.785. The Morgan fingerprint density at radius 1 is 0.198 bits per heavy atom. The van der Waals surface area contributed by atoms with Crippen LogP contribution < -0.4 is 0 Å². The summed E-state index contributed by atoms with van der Waals surface area (Å²) in [6.07, 6.45) is 93.2. The lowest BCUT2D eigenvalue weighted by Gasteiger charge is -2.72. The van der Waals surface area contributed by atoms with Crippen LogP contribution in [0.1, 0.15) is 420 Å². The zero-order chi connectivity index (χ0) is 74.1. The second-order valence-corrected chi connectivity index (χ2v) is 50.4. The molecule has 4 saturated heterocycles. The lowest BCUT2D eigenvalue weighted by molar-refractivity contribution is -0.153. The zero-order valence-electron chi connectivity index (χ0n) is 73.6. The first-order valence-corrected chi connectivity index (χ1v) is 53.5. The van der Waals surface area contributed by atoms with E-state index in [4.69, 9.17) is 0 Å². The molecule has 22 fully saturated rings. The molecule has 0 aromatic heterocycles. The van der Waals surface area contributed by atoms with Crippen LogP contribution in [0.25, 0.3) is 0 Å². The highest BCUT2D eigenvalue weighted by atomic mass is 15.3. The molecule has 32 unspecified atom stereocenters. The zero-order valence-corrected chi connectivity index (χ0v) is 73.6. The van der Waals surface area contributed by atoms with E-state index in [1.807, 2.05) is 0 Å². The monoisotopic (exact) mass is 1520 g/mol. The van der Waals surface area contributed by atoms with Crippen LogP contribution in [0.4, 0.5) is 0 Å². The third-order valence-corrected chi connectivity index (χ3v) is 44.8. The van der Waals surface area contributed by atoms with Crippen molar-refractivity contribution >= 4 is 6.71 Å². The Bertz CT molecular complexity index is 3030. The molecule has 5 heteroatoms. The number of nitrogens with zero attached hydrogens (tertiary/aromatic N) is 4. The van der Waals surface area contributed by atoms with Crippen molar-refractivity contribution < 1.29 is 0 Å². The normalized spacial score (nSPS) is 52.5. The molecular weight excluding hydrogens is 1340 g/mol. The van der Waals surface area contributed by atoms with Gasteiger partial charge in [0.25, 0.3) is 0 Å². The summed E-state index contributed by atoms with van der Waals surface area (Å²) in [5.74, 6) is 27.2. The largest absolute Gasteiger partial charge is 0.295 e. The summed E-state index contributed by atoms with van der Waals surface area (Å²) < 4.78 is 0. The van der Waals surface area contributed by atoms with Crippen LogP contribution in [-0.4, -0.2) is 98.8 Å². The van der Waals surface area contributed by atoms with E-state index in [1.54, 1.807) is 334 Å². The Hall–Kier alpha value is -0.0951. The molecule has 622 valence electrons. The standard InChI is InChI=1S/C106H175BN4/c1-105(2,3)74-60-86(68-31-12-8-13-32-68)104(87(61-74)69-33-14-9-15-34-69)111-97-63-76(108-92-46-21-16-38-78(92)79-39-17-22-47-93(79)108)55-56-91(97)107-90-45-20-25-50-96(90)110(98-64-77(65-99(111)102(98)107)109-94-48-23-18-40-80(94)81-41-19-24-49-95(81)109)103-85(67-29-10-7-11-30-67)59-75(106(4,5)6)62-88(103)70-53-51-66(52-54-70)73-57-72-37-28-43-83-82-42-26-35-71-36-27-44-84(100(71)82)89(58-73)101(72)83/h66-104H,7-65H2,1-6H3. The fourth-order valence-corrected chi connectivity index (χ4v) is 41.1. The Labute approximate surface area is 685 Å². The van der Waals surface area contributed by atoms with Gasteiger partial charge in [-0.2, -0.15) is 0 Å². The summed E-state index contributed by atoms with van der Waals surface area (Å²) >= 11 is 0. The Balaban J connectivity index is 0.688. The topological polar surface area (TPSA) is 13.0 Å². The van der Waals surface area contributed by atoms with Crippen LogP contribution >= 0.6 is 0 Å². The Morgan fingerprint density at radius 3 is 1.01 bits per heavy atom. The number of likely N-dealkylation sites (tertiary alicyclic amines) is 2. The van der Waals surface area contributed by atoms with Crippen LogP contribution in [0, 0.1) is 153 Å². The van der Waals surface area contributed by atoms with Gasteiger partial charge >= 0.3 is 0 Å². The van der Waals surface area contributed by atoms with Crippen LogP contribution in [0.2, 0.25) is 17.5 Å². The van der Waals surface area contributed by atoms with Crippen molar-refractivity contribution in [3.8, 4) is 0 Å². The van der Waals surface area contributed by atoms with Gasteiger partial charge in [0.1, 0.15) is 0 Å². The van der Waals surface area contributed by atoms with Crippen molar-refractivity contribution in [1.82, 2.24) is 19.6 Å². The number of hydrogen-bond donors (Lipinski definition) is 0. The molecule has 4 nitrogen and oxygen atoms in total. The van der Waals surface area contributed by atoms with E-state index in [9.17, 15) is 0 Å². The van der Waals surface area contributed by atoms with E-state index in [-0.39, 0.29) is 0 Å². The minimum absolute atomic E-state index is 0.391. The second-order valence-electron chi connectivity index (χ2n) is 50.4. The molecule has 0 radical (unpaired) electrons. The lowest BCUT2D eigenvalue weighted by Crippen LogP contribution is -2.78. The van der Waals surface area contributed by atoms with Gasteiger partial charge in [0.2, 0.25) is 0 Å². The summed E-state index contributed by atoms with van der Waals surface area (Å²) in [4.78, 5) is 15.3. The fourth-order valence-electron chi connectivity index (χ4n) is 41.1.